The minimum absolute atomic E-state index is 0.0673. The van der Waals surface area contributed by atoms with Crippen molar-refractivity contribution in [2.45, 2.75) is 54.7 Å². The Morgan fingerprint density at radius 1 is 1.19 bits per heavy atom. The molecule has 2 aliphatic carbocycles. The van der Waals surface area contributed by atoms with Crippen LogP contribution >= 0.6 is 0 Å². The first-order valence-corrected chi connectivity index (χ1v) is 12.3. The molecule has 5 rings (SSSR count). The number of nitrogens with zero attached hydrogens (tertiary/aromatic N) is 4. The lowest BCUT2D eigenvalue weighted by atomic mass is 9.97. The van der Waals surface area contributed by atoms with Crippen molar-refractivity contribution >= 4 is 38.2 Å². The van der Waals surface area contributed by atoms with E-state index in [0.29, 0.717) is 48.8 Å². The monoisotopic (exact) mass is 453 g/mol. The minimum atomic E-state index is -3.42. The van der Waals surface area contributed by atoms with Crippen molar-refractivity contribution in [3.05, 3.63) is 43.0 Å². The van der Waals surface area contributed by atoms with Crippen LogP contribution in [0.5, 0.6) is 0 Å². The number of fused-ring (bicyclic) bond motifs is 1. The Morgan fingerprint density at radius 2 is 2.03 bits per heavy atom. The number of Topliss-reactive ketones (excluding diaryl/α,β-unsaturated/α-hetero) is 1. The average molecular weight is 454 g/mol. The highest BCUT2D eigenvalue weighted by molar-refractivity contribution is 7.92. The first-order chi connectivity index (χ1) is 15.4. The Morgan fingerprint density at radius 3 is 2.72 bits per heavy atom. The van der Waals surface area contributed by atoms with Crippen LogP contribution in [0.1, 0.15) is 44.6 Å². The highest BCUT2D eigenvalue weighted by atomic mass is 32.2. The molecule has 166 valence electrons. The van der Waals surface area contributed by atoms with E-state index in [0.717, 1.165) is 6.42 Å². The zero-order chi connectivity index (χ0) is 22.3. The second kappa shape index (κ2) is 8.09. The third-order valence-corrected chi connectivity index (χ3v) is 8.51. The molecule has 0 bridgehead atoms. The van der Waals surface area contributed by atoms with E-state index in [2.05, 4.69) is 20.4 Å². The second-order valence-corrected chi connectivity index (χ2v) is 10.7. The summed E-state index contributed by atoms with van der Waals surface area (Å²) in [7, 11) is -3.42. The topological polar surface area (TPSA) is 124 Å². The van der Waals surface area contributed by atoms with E-state index in [1.807, 2.05) is 0 Å². The van der Waals surface area contributed by atoms with Crippen LogP contribution in [0.15, 0.2) is 47.9 Å². The van der Waals surface area contributed by atoms with Crippen molar-refractivity contribution in [1.29, 1.82) is 0 Å². The largest absolute Gasteiger partial charge is 0.308 e. The summed E-state index contributed by atoms with van der Waals surface area (Å²) >= 11 is 0. The number of sulfone groups is 1. The molecule has 10 heteroatoms. The SMILES string of the molecule is O=C1CCC(CC(C(=O)Nc2cnccn2)n2ncc3c(S(=O)(=O)C4CC4)cccc32)C1. The van der Waals surface area contributed by atoms with Crippen LogP contribution in [0.4, 0.5) is 5.82 Å². The molecular weight excluding hydrogens is 430 g/mol. The number of carbonyl (C=O) groups excluding carboxylic acids is 2. The highest BCUT2D eigenvalue weighted by Crippen LogP contribution is 2.38. The molecule has 2 aliphatic rings. The molecule has 2 saturated carbocycles. The van der Waals surface area contributed by atoms with Crippen molar-refractivity contribution in [1.82, 2.24) is 19.7 Å². The standard InChI is InChI=1S/C22H23N5O4S/c28-15-5-4-14(10-15)11-19(22(29)26-21-13-23-8-9-24-21)27-18-2-1-3-20(17(18)12-25-27)32(30,31)16-6-7-16/h1-3,8-9,12-14,16,19H,4-7,10-11H2,(H,24,26,29). The zero-order valence-corrected chi connectivity index (χ0v) is 18.2. The Bertz CT molecular complexity index is 1280. The lowest BCUT2D eigenvalue weighted by molar-refractivity contribution is -0.120. The van der Waals surface area contributed by atoms with Gasteiger partial charge in [-0.25, -0.2) is 13.4 Å². The summed E-state index contributed by atoms with van der Waals surface area (Å²) in [5.74, 6) is 0.257. The highest BCUT2D eigenvalue weighted by Gasteiger charge is 2.38. The Balaban J connectivity index is 1.53. The van der Waals surface area contributed by atoms with Crippen LogP contribution in [-0.4, -0.2) is 45.1 Å². The number of hydrogen-bond acceptors (Lipinski definition) is 7. The van der Waals surface area contributed by atoms with Gasteiger partial charge in [-0.15, -0.1) is 0 Å². The van der Waals surface area contributed by atoms with Crippen molar-refractivity contribution in [2.75, 3.05) is 5.32 Å². The molecule has 2 atom stereocenters. The van der Waals surface area contributed by atoms with Gasteiger partial charge in [0.05, 0.1) is 28.1 Å². The fourth-order valence-corrected chi connectivity index (χ4v) is 6.25. The number of amides is 1. The molecule has 0 aliphatic heterocycles. The maximum absolute atomic E-state index is 13.3. The van der Waals surface area contributed by atoms with E-state index >= 15 is 0 Å². The van der Waals surface area contributed by atoms with E-state index in [-0.39, 0.29) is 27.8 Å². The number of hydrogen-bond donors (Lipinski definition) is 1. The summed E-state index contributed by atoms with van der Waals surface area (Å²) in [6, 6.07) is 4.35. The number of aromatic nitrogens is 4. The number of anilines is 1. The molecule has 1 amide bonds. The van der Waals surface area contributed by atoms with Gasteiger partial charge in [0.2, 0.25) is 5.91 Å². The maximum Gasteiger partial charge on any atom is 0.250 e. The number of nitrogens with one attached hydrogen (secondary N) is 1. The molecule has 1 N–H and O–H groups in total. The van der Waals surface area contributed by atoms with Crippen molar-refractivity contribution in [2.24, 2.45) is 5.92 Å². The Kier molecular flexibility index (Phi) is 5.24. The van der Waals surface area contributed by atoms with Crippen molar-refractivity contribution in [3.63, 3.8) is 0 Å². The molecule has 0 radical (unpaired) electrons. The Labute approximate surface area is 185 Å². The van der Waals surface area contributed by atoms with Gasteiger partial charge in [-0.2, -0.15) is 5.10 Å². The van der Waals surface area contributed by atoms with Crippen LogP contribution < -0.4 is 5.32 Å². The van der Waals surface area contributed by atoms with Crippen LogP contribution in [0.3, 0.4) is 0 Å². The smallest absolute Gasteiger partial charge is 0.250 e. The molecule has 0 saturated heterocycles. The van der Waals surface area contributed by atoms with Gasteiger partial charge in [0.1, 0.15) is 11.8 Å². The summed E-state index contributed by atoms with van der Waals surface area (Å²) in [6.45, 7) is 0. The van der Waals surface area contributed by atoms with Crippen LogP contribution in [0.2, 0.25) is 0 Å². The first-order valence-electron chi connectivity index (χ1n) is 10.7. The van der Waals surface area contributed by atoms with Crippen LogP contribution in [-0.2, 0) is 19.4 Å². The van der Waals surface area contributed by atoms with Gasteiger partial charge < -0.3 is 5.32 Å². The fraction of sp³-hybridized carbons (Fsp3) is 0.409. The molecule has 2 heterocycles. The van der Waals surface area contributed by atoms with Gasteiger partial charge in [-0.1, -0.05) is 6.07 Å². The summed E-state index contributed by atoms with van der Waals surface area (Å²) in [6.07, 6.45) is 9.43. The summed E-state index contributed by atoms with van der Waals surface area (Å²) in [5.41, 5.74) is 0.579. The quantitative estimate of drug-likeness (QED) is 0.583. The molecule has 3 aromatic rings. The number of ketones is 1. The second-order valence-electron chi connectivity index (χ2n) is 8.50. The minimum Gasteiger partial charge on any atom is -0.308 e. The van der Waals surface area contributed by atoms with E-state index < -0.39 is 15.9 Å². The zero-order valence-electron chi connectivity index (χ0n) is 17.3. The molecule has 9 nitrogen and oxygen atoms in total. The lowest BCUT2D eigenvalue weighted by Gasteiger charge is -2.21. The first kappa shape index (κ1) is 20.7. The fourth-order valence-electron chi connectivity index (χ4n) is 4.40. The summed E-state index contributed by atoms with van der Waals surface area (Å²) < 4.78 is 27.4. The normalized spacial score (nSPS) is 19.9. The van der Waals surface area contributed by atoms with E-state index in [4.69, 9.17) is 0 Å². The molecule has 1 aromatic carbocycles. The predicted octanol–water partition coefficient (Wildman–Crippen LogP) is 2.70. The molecule has 0 spiro atoms. The number of carbonyl (C=O) groups is 2. The predicted molar refractivity (Wildman–Crippen MR) is 117 cm³/mol. The molecular formula is C22H23N5O4S. The molecule has 2 fully saturated rings. The Hall–Kier alpha value is -3.14. The van der Waals surface area contributed by atoms with E-state index in [1.165, 1.54) is 24.8 Å². The van der Waals surface area contributed by atoms with E-state index in [1.54, 1.807) is 22.9 Å². The summed E-state index contributed by atoms with van der Waals surface area (Å²) in [5, 5.41) is 7.40. The molecule has 2 aromatic heterocycles. The van der Waals surface area contributed by atoms with Crippen molar-refractivity contribution in [3.8, 4) is 0 Å². The summed E-state index contributed by atoms with van der Waals surface area (Å²) in [4.78, 5) is 33.4. The van der Waals surface area contributed by atoms with E-state index in [9.17, 15) is 18.0 Å². The van der Waals surface area contributed by atoms with Crippen LogP contribution in [0, 0.1) is 5.92 Å². The maximum atomic E-state index is 13.3. The third kappa shape index (κ3) is 3.90. The average Bonchev–Trinajstić information content (AvgIpc) is 3.45. The lowest BCUT2D eigenvalue weighted by Crippen LogP contribution is -2.29. The van der Waals surface area contributed by atoms with Gasteiger partial charge in [0, 0.05) is 30.6 Å². The third-order valence-electron chi connectivity index (χ3n) is 6.19. The molecule has 32 heavy (non-hydrogen) atoms. The molecule has 2 unspecified atom stereocenters. The van der Waals surface area contributed by atoms with Gasteiger partial charge in [-0.05, 0) is 43.7 Å². The van der Waals surface area contributed by atoms with Gasteiger partial charge in [0.25, 0.3) is 0 Å². The van der Waals surface area contributed by atoms with Gasteiger partial charge in [0.15, 0.2) is 15.7 Å². The number of benzene rings is 1. The number of rotatable bonds is 7. The van der Waals surface area contributed by atoms with Crippen LogP contribution in [0.25, 0.3) is 10.9 Å². The van der Waals surface area contributed by atoms with Crippen molar-refractivity contribution < 1.29 is 18.0 Å². The van der Waals surface area contributed by atoms with Gasteiger partial charge in [-0.3, -0.25) is 19.3 Å². The van der Waals surface area contributed by atoms with Gasteiger partial charge >= 0.3 is 0 Å².